The highest BCUT2D eigenvalue weighted by atomic mass is 16.5. The fraction of sp³-hybridized carbons (Fsp3) is 0.167. The number of hydrogen-bond donors (Lipinski definition) is 0. The molecule has 0 aromatic heterocycles. The Morgan fingerprint density at radius 2 is 1.65 bits per heavy atom. The number of allylic oxidation sites excluding steroid dienone is 3. The highest BCUT2D eigenvalue weighted by molar-refractivity contribution is 5.86. The number of esters is 1. The molecule has 1 rings (SSSR count). The number of benzene rings is 1. The van der Waals surface area contributed by atoms with E-state index in [1.54, 1.807) is 19.1 Å². The van der Waals surface area contributed by atoms with Gasteiger partial charge in [0.2, 0.25) is 0 Å². The van der Waals surface area contributed by atoms with Crippen molar-refractivity contribution in [1.82, 2.24) is 0 Å². The van der Waals surface area contributed by atoms with Gasteiger partial charge in [-0.15, -0.1) is 6.58 Å². The van der Waals surface area contributed by atoms with Crippen LogP contribution in [0, 0.1) is 0 Å². The Labute approximate surface area is 122 Å². The van der Waals surface area contributed by atoms with E-state index in [2.05, 4.69) is 43.2 Å². The van der Waals surface area contributed by atoms with E-state index in [4.69, 9.17) is 0 Å². The maximum absolute atomic E-state index is 10.2. The van der Waals surface area contributed by atoms with Crippen LogP contribution in [-0.4, -0.2) is 13.1 Å². The van der Waals surface area contributed by atoms with Crippen LogP contribution >= 0.6 is 0 Å². The monoisotopic (exact) mass is 272 g/mol. The number of rotatable bonds is 4. The molecule has 0 saturated carbocycles. The molecule has 0 unspecified atom stereocenters. The van der Waals surface area contributed by atoms with Crippen molar-refractivity contribution in [2.45, 2.75) is 13.3 Å². The van der Waals surface area contributed by atoms with Crippen LogP contribution < -0.4 is 0 Å². The first-order valence-electron chi connectivity index (χ1n) is 6.15. The van der Waals surface area contributed by atoms with Crippen molar-refractivity contribution in [3.8, 4) is 0 Å². The van der Waals surface area contributed by atoms with Crippen LogP contribution in [0.25, 0.3) is 0 Å². The summed E-state index contributed by atoms with van der Waals surface area (Å²) in [6.07, 6.45) is 6.16. The Balaban J connectivity index is 0. The van der Waals surface area contributed by atoms with Gasteiger partial charge >= 0.3 is 5.97 Å². The average molecular weight is 272 g/mol. The van der Waals surface area contributed by atoms with Crippen molar-refractivity contribution in [1.29, 1.82) is 0 Å². The van der Waals surface area contributed by atoms with Gasteiger partial charge in [-0.1, -0.05) is 68.3 Å². The Morgan fingerprint density at radius 1 is 1.15 bits per heavy atom. The van der Waals surface area contributed by atoms with E-state index in [0.29, 0.717) is 5.57 Å². The molecule has 0 radical (unpaired) electrons. The maximum Gasteiger partial charge on any atom is 0.332 e. The van der Waals surface area contributed by atoms with Crippen molar-refractivity contribution in [2.75, 3.05) is 7.11 Å². The standard InChI is InChI=1S/C9H10.C5H8O2.C4H6/c1-2-6-9-7-4-3-5-8-9;1-4(2)5(6)7-3;1-3-4-2/h2-5,7-8H,1,6H2;1H2,2-3H3;3-4H,1-2H2. The summed E-state index contributed by atoms with van der Waals surface area (Å²) < 4.78 is 4.27. The summed E-state index contributed by atoms with van der Waals surface area (Å²) in [4.78, 5) is 10.2. The predicted octanol–water partition coefficient (Wildman–Crippen LogP) is 4.51. The summed E-state index contributed by atoms with van der Waals surface area (Å²) in [5.74, 6) is -0.347. The second kappa shape index (κ2) is 14.7. The van der Waals surface area contributed by atoms with Gasteiger partial charge in [-0.05, 0) is 18.9 Å². The first kappa shape index (κ1) is 20.0. The predicted molar refractivity (Wildman–Crippen MR) is 87.6 cm³/mol. The summed E-state index contributed by atoms with van der Waals surface area (Å²) in [6.45, 7) is 15.3. The van der Waals surface area contributed by atoms with Crippen LogP contribution in [-0.2, 0) is 16.0 Å². The smallest absolute Gasteiger partial charge is 0.332 e. The molecule has 108 valence electrons. The van der Waals surface area contributed by atoms with Crippen LogP contribution in [0.5, 0.6) is 0 Å². The zero-order valence-electron chi connectivity index (χ0n) is 12.5. The molecule has 0 aliphatic rings. The molecule has 1 aromatic carbocycles. The zero-order valence-corrected chi connectivity index (χ0v) is 12.5. The van der Waals surface area contributed by atoms with Crippen LogP contribution in [0.4, 0.5) is 0 Å². The molecule has 0 amide bonds. The minimum absolute atomic E-state index is 0.347. The lowest BCUT2D eigenvalue weighted by molar-refractivity contribution is -0.136. The van der Waals surface area contributed by atoms with Crippen molar-refractivity contribution < 1.29 is 9.53 Å². The third-order valence-corrected chi connectivity index (χ3v) is 1.92. The number of hydrogen-bond acceptors (Lipinski definition) is 2. The van der Waals surface area contributed by atoms with Gasteiger partial charge in [0.05, 0.1) is 7.11 Å². The Bertz CT molecular complexity index is 410. The van der Waals surface area contributed by atoms with Crippen LogP contribution in [0.15, 0.2) is 80.4 Å². The number of methoxy groups -OCH3 is 1. The first-order valence-corrected chi connectivity index (χ1v) is 6.15. The van der Waals surface area contributed by atoms with E-state index in [9.17, 15) is 4.79 Å². The summed E-state index contributed by atoms with van der Waals surface area (Å²) >= 11 is 0. The summed E-state index contributed by atoms with van der Waals surface area (Å²) in [5, 5.41) is 0. The highest BCUT2D eigenvalue weighted by Crippen LogP contribution is 1.98. The second-order valence-corrected chi connectivity index (χ2v) is 3.72. The molecule has 1 aromatic rings. The molecule has 0 atom stereocenters. The number of ether oxygens (including phenoxy) is 1. The molecule has 2 heteroatoms. The quantitative estimate of drug-likeness (QED) is 0.349. The molecule has 0 bridgehead atoms. The van der Waals surface area contributed by atoms with Gasteiger partial charge in [-0.2, -0.15) is 0 Å². The third-order valence-electron chi connectivity index (χ3n) is 1.92. The molecule has 0 aliphatic heterocycles. The molecule has 0 heterocycles. The topological polar surface area (TPSA) is 26.3 Å². The van der Waals surface area contributed by atoms with Gasteiger partial charge in [0.25, 0.3) is 0 Å². The molecule has 0 saturated heterocycles. The lowest BCUT2D eigenvalue weighted by atomic mass is 10.2. The largest absolute Gasteiger partial charge is 0.466 e. The van der Waals surface area contributed by atoms with E-state index in [-0.39, 0.29) is 5.97 Å². The maximum atomic E-state index is 10.2. The van der Waals surface area contributed by atoms with Crippen LogP contribution in [0.2, 0.25) is 0 Å². The van der Waals surface area contributed by atoms with Crippen LogP contribution in [0.3, 0.4) is 0 Å². The van der Waals surface area contributed by atoms with Gasteiger partial charge in [-0.25, -0.2) is 4.79 Å². The summed E-state index contributed by atoms with van der Waals surface area (Å²) in [7, 11) is 1.33. The minimum atomic E-state index is -0.347. The third kappa shape index (κ3) is 13.7. The Kier molecular flexibility index (Phi) is 14.7. The molecule has 0 fully saturated rings. The van der Waals surface area contributed by atoms with E-state index in [0.717, 1.165) is 6.42 Å². The molecule has 0 spiro atoms. The fourth-order valence-electron chi connectivity index (χ4n) is 0.955. The molecular weight excluding hydrogens is 248 g/mol. The zero-order chi connectivity index (χ0) is 15.8. The SMILES string of the molecule is C=C(C)C(=O)OC.C=CC=C.C=CCc1ccccc1. The fourth-order valence-corrected chi connectivity index (χ4v) is 0.955. The molecule has 0 aliphatic carbocycles. The Morgan fingerprint density at radius 3 is 1.90 bits per heavy atom. The lowest BCUT2D eigenvalue weighted by Crippen LogP contribution is -1.98. The van der Waals surface area contributed by atoms with Gasteiger partial charge in [0, 0.05) is 5.57 Å². The van der Waals surface area contributed by atoms with Gasteiger partial charge in [0.15, 0.2) is 0 Å². The number of carbonyl (C=O) groups is 1. The van der Waals surface area contributed by atoms with E-state index in [1.807, 2.05) is 24.3 Å². The lowest BCUT2D eigenvalue weighted by Gasteiger charge is -1.91. The second-order valence-electron chi connectivity index (χ2n) is 3.72. The summed E-state index contributed by atoms with van der Waals surface area (Å²) in [5.41, 5.74) is 1.76. The van der Waals surface area contributed by atoms with E-state index in [1.165, 1.54) is 12.7 Å². The van der Waals surface area contributed by atoms with E-state index >= 15 is 0 Å². The number of carbonyl (C=O) groups excluding carboxylic acids is 1. The van der Waals surface area contributed by atoms with Gasteiger partial charge in [-0.3, -0.25) is 0 Å². The van der Waals surface area contributed by atoms with Crippen molar-refractivity contribution in [3.05, 3.63) is 86.0 Å². The highest BCUT2D eigenvalue weighted by Gasteiger charge is 1.95. The van der Waals surface area contributed by atoms with Crippen molar-refractivity contribution in [3.63, 3.8) is 0 Å². The first-order chi connectivity index (χ1) is 9.53. The Hall–Kier alpha value is -2.35. The molecule has 2 nitrogen and oxygen atoms in total. The van der Waals surface area contributed by atoms with E-state index < -0.39 is 0 Å². The van der Waals surface area contributed by atoms with Crippen molar-refractivity contribution in [2.24, 2.45) is 0 Å². The van der Waals surface area contributed by atoms with Crippen LogP contribution in [0.1, 0.15) is 12.5 Å². The minimum Gasteiger partial charge on any atom is -0.466 e. The van der Waals surface area contributed by atoms with Gasteiger partial charge < -0.3 is 4.74 Å². The molecular formula is C18H24O2. The summed E-state index contributed by atoms with van der Waals surface area (Å²) in [6, 6.07) is 10.3. The van der Waals surface area contributed by atoms with Gasteiger partial charge in [0.1, 0.15) is 0 Å². The normalized spacial score (nSPS) is 7.70. The average Bonchev–Trinajstić information content (AvgIpc) is 2.48. The van der Waals surface area contributed by atoms with Crippen molar-refractivity contribution >= 4 is 5.97 Å². The molecule has 0 N–H and O–H groups in total. The molecule has 20 heavy (non-hydrogen) atoms.